The molecule has 0 saturated heterocycles. The van der Waals surface area contributed by atoms with Crippen molar-refractivity contribution >= 4 is 33.8 Å². The van der Waals surface area contributed by atoms with Gasteiger partial charge in [0, 0.05) is 21.7 Å². The number of halogens is 1. The van der Waals surface area contributed by atoms with Crippen molar-refractivity contribution in [3.63, 3.8) is 0 Å². The van der Waals surface area contributed by atoms with Crippen molar-refractivity contribution in [3.8, 4) is 17.4 Å². The van der Waals surface area contributed by atoms with E-state index < -0.39 is 11.8 Å². The van der Waals surface area contributed by atoms with Gasteiger partial charge >= 0.3 is 0 Å². The molecule has 142 valence electrons. The molecule has 1 aromatic heterocycles. The summed E-state index contributed by atoms with van der Waals surface area (Å²) in [7, 11) is 0. The second-order valence-corrected chi connectivity index (χ2v) is 7.53. The zero-order valence-corrected chi connectivity index (χ0v) is 17.4. The van der Waals surface area contributed by atoms with Gasteiger partial charge in [0.1, 0.15) is 23.2 Å². The van der Waals surface area contributed by atoms with Gasteiger partial charge in [0.05, 0.1) is 0 Å². The predicted octanol–water partition coefficient (Wildman–Crippen LogP) is 5.10. The van der Waals surface area contributed by atoms with Gasteiger partial charge in [-0.1, -0.05) is 35.0 Å². The van der Waals surface area contributed by atoms with Crippen molar-refractivity contribution in [2.75, 3.05) is 0 Å². The summed E-state index contributed by atoms with van der Waals surface area (Å²) < 4.78 is 6.84. The Balaban J connectivity index is 2.04. The quantitative estimate of drug-likeness (QED) is 0.491. The number of carbonyl (C=O) groups is 2. The van der Waals surface area contributed by atoms with E-state index in [4.69, 9.17) is 4.42 Å². The highest BCUT2D eigenvalue weighted by Gasteiger charge is 2.37. The standard InChI is InChI=1S/C22H19BrN2O3/c1-4-13(2)25-21(26)18(14(3)19(12-24)22(25)27)11-17-9-10-20(28-17)15-5-7-16(23)8-6-15/h5-11,13H,4H2,1-3H3/b18-11+. The maximum absolute atomic E-state index is 13.0. The van der Waals surface area contributed by atoms with Gasteiger partial charge in [0.25, 0.3) is 11.8 Å². The lowest BCUT2D eigenvalue weighted by molar-refractivity contribution is -0.142. The van der Waals surface area contributed by atoms with E-state index in [0.717, 1.165) is 14.9 Å². The lowest BCUT2D eigenvalue weighted by Gasteiger charge is -2.31. The van der Waals surface area contributed by atoms with E-state index in [0.29, 0.717) is 29.1 Å². The summed E-state index contributed by atoms with van der Waals surface area (Å²) >= 11 is 3.40. The van der Waals surface area contributed by atoms with Gasteiger partial charge in [-0.05, 0) is 56.2 Å². The molecule has 2 amide bonds. The zero-order chi connectivity index (χ0) is 20.4. The Morgan fingerprint density at radius 2 is 1.86 bits per heavy atom. The molecule has 1 aromatic carbocycles. The van der Waals surface area contributed by atoms with Crippen LogP contribution in [0.3, 0.4) is 0 Å². The normalized spacial score (nSPS) is 17.2. The van der Waals surface area contributed by atoms with Crippen molar-refractivity contribution in [1.82, 2.24) is 4.90 Å². The van der Waals surface area contributed by atoms with Crippen LogP contribution in [-0.4, -0.2) is 22.8 Å². The molecule has 1 unspecified atom stereocenters. The number of amides is 2. The Morgan fingerprint density at radius 1 is 1.18 bits per heavy atom. The van der Waals surface area contributed by atoms with Gasteiger partial charge < -0.3 is 4.42 Å². The smallest absolute Gasteiger partial charge is 0.271 e. The summed E-state index contributed by atoms with van der Waals surface area (Å²) in [6.07, 6.45) is 2.20. The van der Waals surface area contributed by atoms with Crippen LogP contribution < -0.4 is 0 Å². The van der Waals surface area contributed by atoms with Crippen LogP contribution >= 0.6 is 15.9 Å². The predicted molar refractivity (Wildman–Crippen MR) is 110 cm³/mol. The minimum Gasteiger partial charge on any atom is -0.457 e. The number of nitriles is 1. The van der Waals surface area contributed by atoms with Crippen LogP contribution in [0, 0.1) is 11.3 Å². The fraction of sp³-hybridized carbons (Fsp3) is 0.227. The third-order valence-electron chi connectivity index (χ3n) is 4.85. The summed E-state index contributed by atoms with van der Waals surface area (Å²) in [5.74, 6) is 0.208. The average molecular weight is 439 g/mol. The number of imide groups is 1. The van der Waals surface area contributed by atoms with E-state index in [9.17, 15) is 14.9 Å². The van der Waals surface area contributed by atoms with Gasteiger partial charge in [-0.25, -0.2) is 0 Å². The molecule has 0 N–H and O–H groups in total. The van der Waals surface area contributed by atoms with E-state index in [2.05, 4.69) is 15.9 Å². The van der Waals surface area contributed by atoms with E-state index in [1.54, 1.807) is 26.0 Å². The van der Waals surface area contributed by atoms with Crippen LogP contribution in [0.2, 0.25) is 0 Å². The van der Waals surface area contributed by atoms with Crippen molar-refractivity contribution in [2.45, 2.75) is 33.2 Å². The highest BCUT2D eigenvalue weighted by Crippen LogP contribution is 2.30. The molecule has 2 aromatic rings. The van der Waals surface area contributed by atoms with E-state index in [-0.39, 0.29) is 11.6 Å². The number of rotatable bonds is 4. The summed E-state index contributed by atoms with van der Waals surface area (Å²) in [5.41, 5.74) is 1.57. The molecular formula is C22H19BrN2O3. The first-order chi connectivity index (χ1) is 13.4. The van der Waals surface area contributed by atoms with Crippen molar-refractivity contribution in [3.05, 3.63) is 63.4 Å². The topological polar surface area (TPSA) is 74.3 Å². The average Bonchev–Trinajstić information content (AvgIpc) is 3.14. The third kappa shape index (κ3) is 3.58. The summed E-state index contributed by atoms with van der Waals surface area (Å²) in [4.78, 5) is 26.7. The lowest BCUT2D eigenvalue weighted by atomic mass is 9.93. The molecule has 0 saturated carbocycles. The third-order valence-corrected chi connectivity index (χ3v) is 5.38. The van der Waals surface area contributed by atoms with E-state index in [1.165, 1.54) is 0 Å². The van der Waals surface area contributed by atoms with Crippen molar-refractivity contribution < 1.29 is 14.0 Å². The highest BCUT2D eigenvalue weighted by atomic mass is 79.9. The second kappa shape index (κ2) is 7.99. The minimum absolute atomic E-state index is 0.00848. The fourth-order valence-corrected chi connectivity index (χ4v) is 3.29. The van der Waals surface area contributed by atoms with Gasteiger partial charge in [-0.2, -0.15) is 5.26 Å². The number of nitrogens with zero attached hydrogens (tertiary/aromatic N) is 2. The van der Waals surface area contributed by atoms with Gasteiger partial charge in [0.2, 0.25) is 0 Å². The van der Waals surface area contributed by atoms with Crippen LogP contribution in [0.5, 0.6) is 0 Å². The second-order valence-electron chi connectivity index (χ2n) is 6.62. The molecule has 3 rings (SSSR count). The van der Waals surface area contributed by atoms with Crippen molar-refractivity contribution in [2.24, 2.45) is 0 Å². The molecule has 0 bridgehead atoms. The number of benzene rings is 1. The monoisotopic (exact) mass is 438 g/mol. The molecule has 28 heavy (non-hydrogen) atoms. The summed E-state index contributed by atoms with van der Waals surface area (Å²) in [5, 5.41) is 9.43. The molecule has 1 aliphatic rings. The highest BCUT2D eigenvalue weighted by molar-refractivity contribution is 9.10. The first kappa shape index (κ1) is 19.8. The van der Waals surface area contributed by atoms with Crippen LogP contribution in [0.15, 0.2) is 62.0 Å². The number of hydrogen-bond donors (Lipinski definition) is 0. The molecule has 0 aliphatic carbocycles. The number of furan rings is 1. The minimum atomic E-state index is -0.536. The van der Waals surface area contributed by atoms with Crippen LogP contribution in [0.25, 0.3) is 17.4 Å². The summed E-state index contributed by atoms with van der Waals surface area (Å²) in [6, 6.07) is 12.9. The zero-order valence-electron chi connectivity index (χ0n) is 15.8. The maximum Gasteiger partial charge on any atom is 0.271 e. The Labute approximate surface area is 172 Å². The van der Waals surface area contributed by atoms with Gasteiger partial charge in [-0.3, -0.25) is 14.5 Å². The number of carbonyl (C=O) groups excluding carboxylic acids is 2. The maximum atomic E-state index is 13.0. The van der Waals surface area contributed by atoms with Crippen LogP contribution in [-0.2, 0) is 9.59 Å². The molecule has 1 aliphatic heterocycles. The lowest BCUT2D eigenvalue weighted by Crippen LogP contribution is -2.47. The van der Waals surface area contributed by atoms with Gasteiger partial charge in [-0.15, -0.1) is 0 Å². The van der Waals surface area contributed by atoms with Gasteiger partial charge in [0.15, 0.2) is 0 Å². The Kier molecular flexibility index (Phi) is 5.66. The molecule has 6 heteroatoms. The van der Waals surface area contributed by atoms with Crippen LogP contribution in [0.1, 0.15) is 33.0 Å². The molecule has 2 heterocycles. The largest absolute Gasteiger partial charge is 0.457 e. The molecule has 1 atom stereocenters. The fourth-order valence-electron chi connectivity index (χ4n) is 3.02. The molecule has 5 nitrogen and oxygen atoms in total. The van der Waals surface area contributed by atoms with Crippen LogP contribution in [0.4, 0.5) is 0 Å². The molecular weight excluding hydrogens is 420 g/mol. The Hall–Kier alpha value is -2.91. The molecule has 0 spiro atoms. The Bertz CT molecular complexity index is 1040. The first-order valence-corrected chi connectivity index (χ1v) is 9.73. The Morgan fingerprint density at radius 3 is 2.46 bits per heavy atom. The van der Waals surface area contributed by atoms with E-state index >= 15 is 0 Å². The van der Waals surface area contributed by atoms with E-state index in [1.807, 2.05) is 43.3 Å². The van der Waals surface area contributed by atoms with Crippen molar-refractivity contribution in [1.29, 1.82) is 5.26 Å². The molecule has 0 fully saturated rings. The molecule has 0 radical (unpaired) electrons. The summed E-state index contributed by atoms with van der Waals surface area (Å²) in [6.45, 7) is 5.30. The first-order valence-electron chi connectivity index (χ1n) is 8.94. The number of hydrogen-bond acceptors (Lipinski definition) is 4. The SMILES string of the molecule is CCC(C)N1C(=O)C(C#N)=C(C)/C(=C\c2ccc(-c3ccc(Br)cc3)o2)C1=O.